The molecule has 0 unspecified atom stereocenters. The fraction of sp³-hybridized carbons (Fsp3) is 0.111. The number of benzene rings is 2. The highest BCUT2D eigenvalue weighted by Crippen LogP contribution is 2.21. The van der Waals surface area contributed by atoms with Crippen LogP contribution in [-0.2, 0) is 6.61 Å². The van der Waals surface area contributed by atoms with Gasteiger partial charge in [-0.2, -0.15) is 5.10 Å². The van der Waals surface area contributed by atoms with Crippen molar-refractivity contribution in [2.24, 2.45) is 5.10 Å². The monoisotopic (exact) mass is 360 g/mol. The molecule has 0 bridgehead atoms. The van der Waals surface area contributed by atoms with Gasteiger partial charge in [-0.1, -0.05) is 0 Å². The number of hydrogen-bond acceptors (Lipinski definition) is 4. The van der Waals surface area contributed by atoms with E-state index in [-0.39, 0.29) is 23.9 Å². The van der Waals surface area contributed by atoms with Gasteiger partial charge in [0.15, 0.2) is 0 Å². The molecule has 2 aromatic carbocycles. The summed E-state index contributed by atoms with van der Waals surface area (Å²) in [4.78, 5) is 4.02. The maximum absolute atomic E-state index is 13.6. The van der Waals surface area contributed by atoms with Crippen LogP contribution < -0.4 is 10.5 Å². The van der Waals surface area contributed by atoms with Gasteiger partial charge in [0.2, 0.25) is 5.95 Å². The molecule has 0 aliphatic carbocycles. The van der Waals surface area contributed by atoms with E-state index < -0.39 is 17.5 Å². The highest BCUT2D eigenvalue weighted by Gasteiger charge is 2.07. The van der Waals surface area contributed by atoms with Crippen LogP contribution in [0, 0.1) is 24.4 Å². The number of nitrogens with zero attached hydrogens (tertiary/aromatic N) is 3. The summed E-state index contributed by atoms with van der Waals surface area (Å²) < 4.78 is 46.9. The summed E-state index contributed by atoms with van der Waals surface area (Å²) in [6.07, 6.45) is 3.06. The molecule has 0 atom stereocenters. The van der Waals surface area contributed by atoms with E-state index in [1.807, 2.05) is 0 Å². The van der Waals surface area contributed by atoms with Crippen LogP contribution in [0.1, 0.15) is 16.8 Å². The van der Waals surface area contributed by atoms with E-state index in [4.69, 9.17) is 10.5 Å². The fourth-order valence-electron chi connectivity index (χ4n) is 2.32. The van der Waals surface area contributed by atoms with Crippen LogP contribution in [0.5, 0.6) is 5.75 Å². The molecule has 5 nitrogen and oxygen atoms in total. The number of ether oxygens (including phenoxy) is 1. The molecule has 3 aromatic rings. The molecule has 0 saturated heterocycles. The number of aromatic nitrogens is 2. The van der Waals surface area contributed by atoms with Crippen molar-refractivity contribution in [2.45, 2.75) is 13.5 Å². The van der Waals surface area contributed by atoms with Gasteiger partial charge in [-0.3, -0.25) is 0 Å². The molecular formula is C18H15F3N4O. The van der Waals surface area contributed by atoms with E-state index in [0.29, 0.717) is 11.3 Å². The first-order valence-corrected chi connectivity index (χ1v) is 7.64. The molecule has 0 spiro atoms. The Morgan fingerprint density at radius 1 is 1.12 bits per heavy atom. The van der Waals surface area contributed by atoms with Crippen molar-refractivity contribution >= 4 is 12.2 Å². The van der Waals surface area contributed by atoms with Gasteiger partial charge >= 0.3 is 0 Å². The summed E-state index contributed by atoms with van der Waals surface area (Å²) in [5, 5.41) is 4.15. The highest BCUT2D eigenvalue weighted by atomic mass is 19.1. The van der Waals surface area contributed by atoms with Crippen LogP contribution in [0.4, 0.5) is 19.1 Å². The van der Waals surface area contributed by atoms with E-state index in [2.05, 4.69) is 10.1 Å². The second-order valence-electron chi connectivity index (χ2n) is 5.58. The van der Waals surface area contributed by atoms with Crippen molar-refractivity contribution in [2.75, 3.05) is 5.73 Å². The quantitative estimate of drug-likeness (QED) is 0.707. The number of aryl methyl sites for hydroxylation is 1. The summed E-state index contributed by atoms with van der Waals surface area (Å²) in [5.74, 6) is -1.56. The number of nitrogen functional groups attached to an aromatic ring is 1. The Morgan fingerprint density at radius 2 is 1.85 bits per heavy atom. The molecule has 134 valence electrons. The first-order chi connectivity index (χ1) is 12.4. The Hall–Kier alpha value is -3.29. The summed E-state index contributed by atoms with van der Waals surface area (Å²) in [5.41, 5.74) is 7.15. The normalized spacial score (nSPS) is 11.2. The number of rotatable bonds is 5. The lowest BCUT2D eigenvalue weighted by Crippen LogP contribution is -2.01. The number of hydrogen-bond donors (Lipinski definition) is 1. The molecule has 1 heterocycles. The molecule has 0 radical (unpaired) electrons. The molecule has 1 aromatic heterocycles. The number of nitrogens with two attached hydrogens (primary N) is 1. The minimum atomic E-state index is -0.712. The van der Waals surface area contributed by atoms with Crippen LogP contribution in [-0.4, -0.2) is 15.9 Å². The third-order valence-electron chi connectivity index (χ3n) is 3.45. The van der Waals surface area contributed by atoms with Gasteiger partial charge in [-0.05, 0) is 36.8 Å². The first kappa shape index (κ1) is 17.5. The Kier molecular flexibility index (Phi) is 4.92. The molecule has 0 saturated carbocycles. The maximum atomic E-state index is 13.6. The van der Waals surface area contributed by atoms with E-state index >= 15 is 0 Å². The molecule has 8 heteroatoms. The predicted molar refractivity (Wildman–Crippen MR) is 91.5 cm³/mol. The van der Waals surface area contributed by atoms with Gasteiger partial charge in [-0.15, -0.1) is 0 Å². The van der Waals surface area contributed by atoms with Crippen molar-refractivity contribution in [3.8, 4) is 5.75 Å². The van der Waals surface area contributed by atoms with Crippen LogP contribution in [0.3, 0.4) is 0 Å². The molecule has 2 N–H and O–H groups in total. The highest BCUT2D eigenvalue weighted by molar-refractivity contribution is 5.83. The average Bonchev–Trinajstić information content (AvgIpc) is 2.88. The van der Waals surface area contributed by atoms with Crippen LogP contribution >= 0.6 is 0 Å². The zero-order valence-corrected chi connectivity index (χ0v) is 13.8. The lowest BCUT2D eigenvalue weighted by Gasteiger charge is -2.10. The zero-order chi connectivity index (χ0) is 18.7. The summed E-state index contributed by atoms with van der Waals surface area (Å²) in [7, 11) is 0. The third-order valence-corrected chi connectivity index (χ3v) is 3.45. The molecule has 3 rings (SSSR count). The smallest absolute Gasteiger partial charge is 0.221 e. The molecule has 0 aliphatic rings. The third kappa shape index (κ3) is 4.21. The molecule has 0 fully saturated rings. The first-order valence-electron chi connectivity index (χ1n) is 7.64. The SMILES string of the molecule is Cc1cn(N=Cc2ccc(F)cc2OCc2cc(F)cc(F)c2)c(N)n1. The lowest BCUT2D eigenvalue weighted by molar-refractivity contribution is 0.302. The number of imidazole rings is 1. The fourth-order valence-corrected chi connectivity index (χ4v) is 2.32. The second kappa shape index (κ2) is 7.30. The molecule has 0 aliphatic heterocycles. The Labute approximate surface area is 147 Å². The topological polar surface area (TPSA) is 65.4 Å². The van der Waals surface area contributed by atoms with E-state index in [1.54, 1.807) is 13.1 Å². The van der Waals surface area contributed by atoms with Crippen LogP contribution in [0.2, 0.25) is 0 Å². The van der Waals surface area contributed by atoms with E-state index in [1.165, 1.54) is 29.1 Å². The minimum Gasteiger partial charge on any atom is -0.488 e. The van der Waals surface area contributed by atoms with Crippen molar-refractivity contribution in [1.82, 2.24) is 9.66 Å². The Morgan fingerprint density at radius 3 is 2.50 bits per heavy atom. The lowest BCUT2D eigenvalue weighted by atomic mass is 10.2. The largest absolute Gasteiger partial charge is 0.488 e. The maximum Gasteiger partial charge on any atom is 0.221 e. The van der Waals surface area contributed by atoms with Gasteiger partial charge in [-0.25, -0.2) is 22.8 Å². The summed E-state index contributed by atoms with van der Waals surface area (Å²) in [6, 6.07) is 6.94. The van der Waals surface area contributed by atoms with Crippen LogP contribution in [0.25, 0.3) is 0 Å². The minimum absolute atomic E-state index is 0.134. The number of anilines is 1. The number of halogens is 3. The molecule has 0 amide bonds. The van der Waals surface area contributed by atoms with Crippen molar-refractivity contribution in [1.29, 1.82) is 0 Å². The average molecular weight is 360 g/mol. The van der Waals surface area contributed by atoms with E-state index in [0.717, 1.165) is 18.2 Å². The Balaban J connectivity index is 1.82. The van der Waals surface area contributed by atoms with Gasteiger partial charge in [0.1, 0.15) is 29.8 Å². The molecule has 26 heavy (non-hydrogen) atoms. The van der Waals surface area contributed by atoms with Crippen LogP contribution in [0.15, 0.2) is 47.7 Å². The van der Waals surface area contributed by atoms with Gasteiger partial charge in [0.25, 0.3) is 0 Å². The summed E-state index contributed by atoms with van der Waals surface area (Å²) >= 11 is 0. The Bertz CT molecular complexity index is 949. The van der Waals surface area contributed by atoms with Gasteiger partial charge in [0.05, 0.1) is 18.1 Å². The standard InChI is InChI=1S/C18H15F3N4O/c1-11-9-25(18(22)24-11)23-8-13-2-3-14(19)7-17(13)26-10-12-4-15(20)6-16(21)5-12/h2-9H,10H2,1H3,(H2,22,24). The van der Waals surface area contributed by atoms with Crippen molar-refractivity contribution in [3.63, 3.8) is 0 Å². The van der Waals surface area contributed by atoms with Crippen molar-refractivity contribution < 1.29 is 17.9 Å². The second-order valence-corrected chi connectivity index (χ2v) is 5.58. The van der Waals surface area contributed by atoms with E-state index in [9.17, 15) is 13.2 Å². The van der Waals surface area contributed by atoms with Gasteiger partial charge in [0, 0.05) is 17.7 Å². The zero-order valence-electron chi connectivity index (χ0n) is 13.8. The van der Waals surface area contributed by atoms with Gasteiger partial charge < -0.3 is 10.5 Å². The van der Waals surface area contributed by atoms with Crippen molar-refractivity contribution in [3.05, 3.63) is 76.9 Å². The molecular weight excluding hydrogens is 345 g/mol. The predicted octanol–water partition coefficient (Wildman–Crippen LogP) is 3.65. The summed E-state index contributed by atoms with van der Waals surface area (Å²) in [6.45, 7) is 1.64.